The molecular weight excluding hydrogens is 371 g/mol. The number of likely N-dealkylation sites (tertiary alicyclic amines) is 1. The van der Waals surface area contributed by atoms with Gasteiger partial charge >= 0.3 is 0 Å². The van der Waals surface area contributed by atoms with E-state index in [1.54, 1.807) is 0 Å². The number of nitrogens with one attached hydrogen (secondary N) is 1. The molecule has 0 unspecified atom stereocenters. The van der Waals surface area contributed by atoms with E-state index in [0.29, 0.717) is 11.6 Å². The number of nitrogens with zero attached hydrogens (tertiary/aromatic N) is 3. The van der Waals surface area contributed by atoms with Gasteiger partial charge in [-0.15, -0.1) is 0 Å². The summed E-state index contributed by atoms with van der Waals surface area (Å²) >= 11 is 0. The number of rotatable bonds is 3. The quantitative estimate of drug-likeness (QED) is 0.695. The minimum atomic E-state index is -0.441. The standard InChI is InChI=1S/C22H21FN4O2/c23-15-5-7-16(8-6-15)27-20(28)13-19(22(27)29)26-11-9-14(10-12-26)21-24-17-3-1-2-4-18(17)25-21/h1-8,14,19H,9-13H2,(H,24,25)/t19-/m0/s1. The number of anilines is 1. The fraction of sp³-hybridized carbons (Fsp3) is 0.318. The molecule has 6 nitrogen and oxygen atoms in total. The highest BCUT2D eigenvalue weighted by molar-refractivity contribution is 6.22. The van der Waals surface area contributed by atoms with E-state index in [1.165, 1.54) is 29.2 Å². The van der Waals surface area contributed by atoms with E-state index in [2.05, 4.69) is 9.88 Å². The smallest absolute Gasteiger partial charge is 0.251 e. The third kappa shape index (κ3) is 3.21. The van der Waals surface area contributed by atoms with Crippen LogP contribution in [-0.4, -0.2) is 45.8 Å². The fourth-order valence-electron chi connectivity index (χ4n) is 4.41. The van der Waals surface area contributed by atoms with Crippen molar-refractivity contribution in [2.75, 3.05) is 18.0 Å². The molecule has 0 saturated carbocycles. The number of halogens is 1. The Morgan fingerprint density at radius 1 is 1.00 bits per heavy atom. The van der Waals surface area contributed by atoms with Gasteiger partial charge in [-0.05, 0) is 62.3 Å². The number of amides is 2. The van der Waals surface area contributed by atoms with Crippen molar-refractivity contribution in [1.29, 1.82) is 0 Å². The topological polar surface area (TPSA) is 69.3 Å². The van der Waals surface area contributed by atoms with E-state index in [9.17, 15) is 14.0 Å². The van der Waals surface area contributed by atoms with Gasteiger partial charge in [-0.25, -0.2) is 14.3 Å². The Hall–Kier alpha value is -3.06. The summed E-state index contributed by atoms with van der Waals surface area (Å²) in [5.41, 5.74) is 2.44. The summed E-state index contributed by atoms with van der Waals surface area (Å²) in [6.07, 6.45) is 1.94. The van der Waals surface area contributed by atoms with Gasteiger partial charge in [-0.2, -0.15) is 0 Å². The molecule has 148 valence electrons. The highest BCUT2D eigenvalue weighted by Crippen LogP contribution is 2.32. The number of carbonyl (C=O) groups is 2. The first kappa shape index (κ1) is 18.0. The second-order valence-electron chi connectivity index (χ2n) is 7.71. The first-order valence-electron chi connectivity index (χ1n) is 9.91. The van der Waals surface area contributed by atoms with Gasteiger partial charge in [0.15, 0.2) is 0 Å². The number of H-pyrrole nitrogens is 1. The molecule has 2 saturated heterocycles. The monoisotopic (exact) mass is 392 g/mol. The fourth-order valence-corrected chi connectivity index (χ4v) is 4.41. The predicted octanol–water partition coefficient (Wildman–Crippen LogP) is 3.21. The van der Waals surface area contributed by atoms with Crippen LogP contribution in [0.4, 0.5) is 10.1 Å². The van der Waals surface area contributed by atoms with E-state index >= 15 is 0 Å². The van der Waals surface area contributed by atoms with E-state index in [0.717, 1.165) is 42.8 Å². The Kier molecular flexibility index (Phi) is 4.39. The third-order valence-corrected chi connectivity index (χ3v) is 5.97. The highest BCUT2D eigenvalue weighted by atomic mass is 19.1. The summed E-state index contributed by atoms with van der Waals surface area (Å²) in [5.74, 6) is 0.471. The van der Waals surface area contributed by atoms with Crippen LogP contribution in [-0.2, 0) is 9.59 Å². The third-order valence-electron chi connectivity index (χ3n) is 5.97. The maximum absolute atomic E-state index is 13.2. The zero-order valence-corrected chi connectivity index (χ0v) is 15.8. The molecule has 3 heterocycles. The number of hydrogen-bond donors (Lipinski definition) is 1. The molecule has 0 bridgehead atoms. The van der Waals surface area contributed by atoms with Crippen molar-refractivity contribution in [2.45, 2.75) is 31.2 Å². The largest absolute Gasteiger partial charge is 0.342 e. The van der Waals surface area contributed by atoms with Crippen LogP contribution in [0.25, 0.3) is 11.0 Å². The molecule has 1 aromatic heterocycles. The summed E-state index contributed by atoms with van der Waals surface area (Å²) in [5, 5.41) is 0. The van der Waals surface area contributed by atoms with E-state index in [-0.39, 0.29) is 18.2 Å². The van der Waals surface area contributed by atoms with Crippen molar-refractivity contribution in [1.82, 2.24) is 14.9 Å². The van der Waals surface area contributed by atoms with Crippen molar-refractivity contribution < 1.29 is 14.0 Å². The van der Waals surface area contributed by atoms with Crippen LogP contribution in [0, 0.1) is 5.82 Å². The molecule has 29 heavy (non-hydrogen) atoms. The van der Waals surface area contributed by atoms with Gasteiger partial charge in [-0.3, -0.25) is 14.5 Å². The van der Waals surface area contributed by atoms with Gasteiger partial charge in [0.25, 0.3) is 5.91 Å². The Morgan fingerprint density at radius 3 is 2.45 bits per heavy atom. The molecule has 1 N–H and O–H groups in total. The number of fused-ring (bicyclic) bond motifs is 1. The minimum Gasteiger partial charge on any atom is -0.342 e. The number of aromatic nitrogens is 2. The van der Waals surface area contributed by atoms with Gasteiger partial charge in [0.1, 0.15) is 11.6 Å². The molecule has 1 atom stereocenters. The van der Waals surface area contributed by atoms with Crippen LogP contribution in [0.2, 0.25) is 0 Å². The van der Waals surface area contributed by atoms with Crippen molar-refractivity contribution >= 4 is 28.5 Å². The van der Waals surface area contributed by atoms with Crippen LogP contribution in [0.1, 0.15) is 31.0 Å². The average Bonchev–Trinajstić information content (AvgIpc) is 3.30. The number of hydrogen-bond acceptors (Lipinski definition) is 4. The number of benzene rings is 2. The Bertz CT molecular complexity index is 1040. The highest BCUT2D eigenvalue weighted by Gasteiger charge is 2.43. The molecule has 0 spiro atoms. The van der Waals surface area contributed by atoms with Gasteiger partial charge in [0.05, 0.1) is 29.2 Å². The zero-order valence-electron chi connectivity index (χ0n) is 15.8. The summed E-state index contributed by atoms with van der Waals surface area (Å²) in [7, 11) is 0. The van der Waals surface area contributed by atoms with Gasteiger partial charge < -0.3 is 4.98 Å². The normalized spacial score (nSPS) is 21.4. The molecule has 2 aliphatic heterocycles. The molecule has 0 radical (unpaired) electrons. The van der Waals surface area contributed by atoms with Crippen LogP contribution in [0.15, 0.2) is 48.5 Å². The van der Waals surface area contributed by atoms with Crippen LogP contribution in [0.3, 0.4) is 0 Å². The van der Waals surface area contributed by atoms with E-state index < -0.39 is 11.9 Å². The van der Waals surface area contributed by atoms with Crippen molar-refractivity contribution in [3.05, 3.63) is 60.2 Å². The number of imide groups is 1. The molecule has 2 aromatic carbocycles. The molecule has 2 aliphatic rings. The number of imidazole rings is 1. The maximum Gasteiger partial charge on any atom is 0.251 e. The van der Waals surface area contributed by atoms with Crippen LogP contribution < -0.4 is 4.90 Å². The SMILES string of the molecule is O=C1C[C@H](N2CCC(c3nc4ccccc4[nH]3)CC2)C(=O)N1c1ccc(F)cc1. The second-order valence-corrected chi connectivity index (χ2v) is 7.71. The molecule has 2 amide bonds. The lowest BCUT2D eigenvalue weighted by molar-refractivity contribution is -0.123. The maximum atomic E-state index is 13.2. The zero-order chi connectivity index (χ0) is 20.0. The van der Waals surface area contributed by atoms with Crippen LogP contribution >= 0.6 is 0 Å². The molecule has 0 aliphatic carbocycles. The lowest BCUT2D eigenvalue weighted by Gasteiger charge is -2.34. The Morgan fingerprint density at radius 2 is 1.72 bits per heavy atom. The first-order valence-corrected chi connectivity index (χ1v) is 9.91. The lowest BCUT2D eigenvalue weighted by atomic mass is 9.95. The number of carbonyl (C=O) groups excluding carboxylic acids is 2. The summed E-state index contributed by atoms with van der Waals surface area (Å²) in [6.45, 7) is 1.48. The average molecular weight is 392 g/mol. The van der Waals surface area contributed by atoms with Gasteiger partial charge in [0.2, 0.25) is 5.91 Å². The Labute approximate surface area is 167 Å². The van der Waals surface area contributed by atoms with Gasteiger partial charge in [-0.1, -0.05) is 12.1 Å². The first-order chi connectivity index (χ1) is 14.1. The second kappa shape index (κ2) is 7.08. The summed E-state index contributed by atoms with van der Waals surface area (Å²) < 4.78 is 13.2. The number of aromatic amines is 1. The summed E-state index contributed by atoms with van der Waals surface area (Å²) in [4.78, 5) is 36.8. The van der Waals surface area contributed by atoms with Gasteiger partial charge in [0, 0.05) is 5.92 Å². The molecule has 3 aromatic rings. The number of piperidine rings is 1. The van der Waals surface area contributed by atoms with Crippen molar-refractivity contribution in [2.24, 2.45) is 0 Å². The Balaban J connectivity index is 1.27. The van der Waals surface area contributed by atoms with E-state index in [1.807, 2.05) is 24.3 Å². The number of para-hydroxylation sites is 2. The molecule has 2 fully saturated rings. The van der Waals surface area contributed by atoms with Crippen LogP contribution in [0.5, 0.6) is 0 Å². The molecule has 7 heteroatoms. The van der Waals surface area contributed by atoms with Crippen molar-refractivity contribution in [3.63, 3.8) is 0 Å². The summed E-state index contributed by atoms with van der Waals surface area (Å²) in [6, 6.07) is 13.0. The minimum absolute atomic E-state index is 0.172. The molecule has 5 rings (SSSR count). The van der Waals surface area contributed by atoms with E-state index in [4.69, 9.17) is 4.98 Å². The molecular formula is C22H21FN4O2. The van der Waals surface area contributed by atoms with Crippen molar-refractivity contribution in [3.8, 4) is 0 Å². The lowest BCUT2D eigenvalue weighted by Crippen LogP contribution is -2.45. The predicted molar refractivity (Wildman–Crippen MR) is 107 cm³/mol.